The minimum Gasteiger partial charge on any atom is -0.480 e. The number of carboxylic acid groups (broad SMARTS) is 1. The van der Waals surface area contributed by atoms with E-state index >= 15 is 0 Å². The van der Waals surface area contributed by atoms with Crippen molar-refractivity contribution in [2.45, 2.75) is 0 Å². The Bertz CT molecular complexity index is 782. The molecule has 0 aliphatic heterocycles. The molecule has 0 aromatic heterocycles. The predicted octanol–water partition coefficient (Wildman–Crippen LogP) is 0.177. The molecule has 0 heterocycles. The number of carboxylic acids is 1. The first kappa shape index (κ1) is 36.3. The number of ether oxygens (including phenoxy) is 9. The van der Waals surface area contributed by atoms with Gasteiger partial charge < -0.3 is 53.1 Å². The molecule has 0 aliphatic carbocycles. The Morgan fingerprint density at radius 2 is 0.951 bits per heavy atom. The number of carbonyl (C=O) groups is 3. The highest BCUT2D eigenvalue weighted by molar-refractivity contribution is 5.89. The van der Waals surface area contributed by atoms with Crippen LogP contribution in [0.3, 0.4) is 0 Å². The molecule has 1 amide bonds. The van der Waals surface area contributed by atoms with Gasteiger partial charge in [0.05, 0.1) is 98.1 Å². The van der Waals surface area contributed by atoms with Crippen LogP contribution in [-0.2, 0) is 52.2 Å². The van der Waals surface area contributed by atoms with E-state index in [1.807, 2.05) is 6.07 Å². The number of esters is 1. The zero-order valence-electron chi connectivity index (χ0n) is 23.5. The van der Waals surface area contributed by atoms with Crippen molar-refractivity contribution in [1.29, 1.82) is 0 Å². The minimum absolute atomic E-state index is 0.189. The van der Waals surface area contributed by atoms with Crippen LogP contribution in [-0.4, -0.2) is 142 Å². The van der Waals surface area contributed by atoms with Crippen LogP contribution >= 0.6 is 0 Å². The molecular weight excluding hydrogens is 546 g/mol. The molecule has 2 N–H and O–H groups in total. The largest absolute Gasteiger partial charge is 0.480 e. The summed E-state index contributed by atoms with van der Waals surface area (Å²) in [6, 6.07) is 8.80. The van der Waals surface area contributed by atoms with Gasteiger partial charge in [-0.2, -0.15) is 0 Å². The monoisotopic (exact) mass is 589 g/mol. The Morgan fingerprint density at radius 3 is 1.39 bits per heavy atom. The van der Waals surface area contributed by atoms with E-state index in [9.17, 15) is 14.4 Å². The number of aliphatic carboxylic acids is 1. The van der Waals surface area contributed by atoms with Gasteiger partial charge in [0.1, 0.15) is 19.8 Å². The minimum atomic E-state index is -1.13. The standard InChI is InChI=1S/C27H43NO13/c29-25(22-40-23-26(30)31)28-6-7-33-8-9-34-10-11-35-12-13-36-14-15-37-16-17-38-18-19-39-20-21-41-27(32)24-4-2-1-3-5-24/h1-5H,6-23H2,(H,28,29)(H,30,31). The highest BCUT2D eigenvalue weighted by atomic mass is 16.6. The summed E-state index contributed by atoms with van der Waals surface area (Å²) in [7, 11) is 0. The predicted molar refractivity (Wildman–Crippen MR) is 144 cm³/mol. The maximum Gasteiger partial charge on any atom is 0.338 e. The van der Waals surface area contributed by atoms with Crippen LogP contribution in [0.2, 0.25) is 0 Å². The molecule has 0 spiro atoms. The average Bonchev–Trinajstić information content (AvgIpc) is 2.97. The highest BCUT2D eigenvalue weighted by Crippen LogP contribution is 2.00. The smallest absolute Gasteiger partial charge is 0.338 e. The summed E-state index contributed by atoms with van der Waals surface area (Å²) in [5.74, 6) is -1.89. The van der Waals surface area contributed by atoms with E-state index < -0.39 is 18.5 Å². The van der Waals surface area contributed by atoms with Crippen LogP contribution < -0.4 is 5.32 Å². The van der Waals surface area contributed by atoms with E-state index in [1.165, 1.54) is 0 Å². The number of carbonyl (C=O) groups excluding carboxylic acids is 2. The molecule has 0 bridgehead atoms. The van der Waals surface area contributed by atoms with Crippen molar-refractivity contribution in [2.75, 3.05) is 119 Å². The van der Waals surface area contributed by atoms with Gasteiger partial charge in [0.2, 0.25) is 5.91 Å². The molecule has 234 valence electrons. The van der Waals surface area contributed by atoms with Crippen molar-refractivity contribution in [3.05, 3.63) is 35.9 Å². The molecule has 0 radical (unpaired) electrons. The van der Waals surface area contributed by atoms with Gasteiger partial charge in [-0.1, -0.05) is 18.2 Å². The molecule has 0 saturated heterocycles. The average molecular weight is 590 g/mol. The molecule has 1 rings (SSSR count). The lowest BCUT2D eigenvalue weighted by Gasteiger charge is -2.09. The third kappa shape index (κ3) is 24.8. The van der Waals surface area contributed by atoms with Crippen LogP contribution in [0.5, 0.6) is 0 Å². The lowest BCUT2D eigenvalue weighted by molar-refractivity contribution is -0.143. The molecule has 0 saturated carbocycles. The fraction of sp³-hybridized carbons (Fsp3) is 0.667. The summed E-state index contributed by atoms with van der Waals surface area (Å²) < 4.78 is 47.5. The number of amides is 1. The molecule has 0 atom stereocenters. The normalized spacial score (nSPS) is 10.9. The Morgan fingerprint density at radius 1 is 0.537 bits per heavy atom. The zero-order chi connectivity index (χ0) is 29.6. The molecule has 0 aliphatic rings. The van der Waals surface area contributed by atoms with Crippen LogP contribution in [0, 0.1) is 0 Å². The molecule has 14 heteroatoms. The zero-order valence-corrected chi connectivity index (χ0v) is 23.5. The number of rotatable bonds is 29. The fourth-order valence-electron chi connectivity index (χ4n) is 2.82. The first-order valence-electron chi connectivity index (χ1n) is 13.4. The first-order chi connectivity index (χ1) is 20.1. The maximum atomic E-state index is 11.8. The first-order valence-corrected chi connectivity index (χ1v) is 13.4. The van der Waals surface area contributed by atoms with Crippen molar-refractivity contribution in [1.82, 2.24) is 5.32 Å². The van der Waals surface area contributed by atoms with Gasteiger partial charge in [-0.25, -0.2) is 9.59 Å². The number of hydrogen-bond donors (Lipinski definition) is 2. The quantitative estimate of drug-likeness (QED) is 0.0960. The van der Waals surface area contributed by atoms with Crippen molar-refractivity contribution in [2.24, 2.45) is 0 Å². The molecule has 0 fully saturated rings. The highest BCUT2D eigenvalue weighted by Gasteiger charge is 2.05. The van der Waals surface area contributed by atoms with Gasteiger partial charge in [-0.05, 0) is 12.1 Å². The molecule has 1 aromatic carbocycles. The van der Waals surface area contributed by atoms with E-state index in [4.69, 9.17) is 43.0 Å². The maximum absolute atomic E-state index is 11.8. The molecule has 41 heavy (non-hydrogen) atoms. The van der Waals surface area contributed by atoms with Crippen LogP contribution in [0.1, 0.15) is 10.4 Å². The summed E-state index contributed by atoms with van der Waals surface area (Å²) in [6.07, 6.45) is 0. The number of nitrogens with one attached hydrogen (secondary N) is 1. The lowest BCUT2D eigenvalue weighted by atomic mass is 10.2. The second kappa shape index (κ2) is 27.5. The van der Waals surface area contributed by atoms with Gasteiger partial charge >= 0.3 is 11.9 Å². The second-order valence-corrected chi connectivity index (χ2v) is 8.03. The van der Waals surface area contributed by atoms with Gasteiger partial charge in [0.15, 0.2) is 0 Å². The summed E-state index contributed by atoms with van der Waals surface area (Å²) in [4.78, 5) is 33.3. The van der Waals surface area contributed by atoms with E-state index in [-0.39, 0.29) is 19.2 Å². The van der Waals surface area contributed by atoms with Crippen LogP contribution in [0.4, 0.5) is 0 Å². The van der Waals surface area contributed by atoms with E-state index in [1.54, 1.807) is 24.3 Å². The molecular formula is C27H43NO13. The Balaban J connectivity index is 1.68. The van der Waals surface area contributed by atoms with Crippen molar-refractivity contribution >= 4 is 17.8 Å². The van der Waals surface area contributed by atoms with Gasteiger partial charge in [-0.15, -0.1) is 0 Å². The third-order valence-electron chi connectivity index (χ3n) is 4.73. The Hall–Kier alpha value is -2.69. The SMILES string of the molecule is O=C(O)COCC(=O)NCCOCCOCCOCCOCCOCCOCCOCCOC(=O)c1ccccc1. The summed E-state index contributed by atoms with van der Waals surface area (Å²) in [5, 5.41) is 10.9. The van der Waals surface area contributed by atoms with Gasteiger partial charge in [0.25, 0.3) is 0 Å². The van der Waals surface area contributed by atoms with Gasteiger partial charge in [-0.3, -0.25) is 4.79 Å². The summed E-state index contributed by atoms with van der Waals surface area (Å²) in [5.41, 5.74) is 0.515. The number of hydrogen-bond acceptors (Lipinski definition) is 12. The van der Waals surface area contributed by atoms with Crippen molar-refractivity contribution < 1.29 is 62.1 Å². The summed E-state index contributed by atoms with van der Waals surface area (Å²) >= 11 is 0. The van der Waals surface area contributed by atoms with Gasteiger partial charge in [0, 0.05) is 6.54 Å². The Labute approximate surface area is 240 Å². The lowest BCUT2D eigenvalue weighted by Crippen LogP contribution is -2.31. The molecule has 0 unspecified atom stereocenters. The van der Waals surface area contributed by atoms with Crippen molar-refractivity contribution in [3.8, 4) is 0 Å². The van der Waals surface area contributed by atoms with Crippen molar-refractivity contribution in [3.63, 3.8) is 0 Å². The number of benzene rings is 1. The summed E-state index contributed by atoms with van der Waals surface area (Å²) in [6.45, 7) is 5.47. The topological polar surface area (TPSA) is 167 Å². The second-order valence-electron chi connectivity index (χ2n) is 8.03. The molecule has 1 aromatic rings. The third-order valence-corrected chi connectivity index (χ3v) is 4.73. The van der Waals surface area contributed by atoms with Crippen LogP contribution in [0.25, 0.3) is 0 Å². The Kier molecular flexibility index (Phi) is 24.4. The fourth-order valence-corrected chi connectivity index (χ4v) is 2.82. The van der Waals surface area contributed by atoms with E-state index in [2.05, 4.69) is 10.1 Å². The van der Waals surface area contributed by atoms with E-state index in [0.29, 0.717) is 105 Å². The van der Waals surface area contributed by atoms with E-state index in [0.717, 1.165) is 0 Å². The molecule has 14 nitrogen and oxygen atoms in total. The van der Waals surface area contributed by atoms with Crippen LogP contribution in [0.15, 0.2) is 30.3 Å².